The van der Waals surface area contributed by atoms with E-state index in [9.17, 15) is 24.0 Å². The Morgan fingerprint density at radius 3 is 2.17 bits per heavy atom. The van der Waals surface area contributed by atoms with Gasteiger partial charge in [0.1, 0.15) is 0 Å². The van der Waals surface area contributed by atoms with E-state index in [0.717, 1.165) is 0 Å². The zero-order valence-corrected chi connectivity index (χ0v) is 13.8. The number of rotatable bonds is 8. The van der Waals surface area contributed by atoms with E-state index in [1.807, 2.05) is 0 Å². The van der Waals surface area contributed by atoms with Gasteiger partial charge in [-0.25, -0.2) is 9.59 Å². The summed E-state index contributed by atoms with van der Waals surface area (Å²) in [6, 6.07) is -0.515. The molecule has 5 amide bonds. The van der Waals surface area contributed by atoms with E-state index in [1.165, 1.54) is 0 Å². The molecule has 3 N–H and O–H groups in total. The molecule has 0 saturated carbocycles. The maximum Gasteiger partial charge on any atom is 0.334 e. The zero-order valence-electron chi connectivity index (χ0n) is 12.2. The molecule has 128 valence electrons. The third-order valence-corrected chi connectivity index (χ3v) is 3.18. The van der Waals surface area contributed by atoms with Gasteiger partial charge in [-0.05, 0) is 0 Å². The van der Waals surface area contributed by atoms with Gasteiger partial charge in [-0.15, -0.1) is 5.06 Å². The van der Waals surface area contributed by atoms with E-state index in [1.54, 1.807) is 0 Å². The van der Waals surface area contributed by atoms with E-state index in [0.29, 0.717) is 5.06 Å². The zero-order chi connectivity index (χ0) is 17.2. The van der Waals surface area contributed by atoms with Crippen molar-refractivity contribution in [2.75, 3.05) is 25.0 Å². The Bertz CT molecular complexity index is 482. The Balaban J connectivity index is 2.10. The highest BCUT2D eigenvalue weighted by atomic mass is 79.9. The number of hydrogen-bond acceptors (Lipinski definition) is 6. The van der Waals surface area contributed by atoms with Crippen LogP contribution in [0.15, 0.2) is 0 Å². The molecule has 0 unspecified atom stereocenters. The van der Waals surface area contributed by atoms with Crippen molar-refractivity contribution in [2.24, 2.45) is 0 Å². The molecule has 0 spiro atoms. The SMILES string of the molecule is O=C(CBr)NCCNC(=O)NCCC(=O)ON1C(=O)CCC1=O. The fourth-order valence-electron chi connectivity index (χ4n) is 1.57. The Kier molecular flexibility index (Phi) is 8.02. The fourth-order valence-corrected chi connectivity index (χ4v) is 1.77. The number of amides is 5. The number of urea groups is 1. The summed E-state index contributed by atoms with van der Waals surface area (Å²) in [7, 11) is 0. The highest BCUT2D eigenvalue weighted by molar-refractivity contribution is 9.09. The number of imide groups is 1. The van der Waals surface area contributed by atoms with Gasteiger partial charge in [-0.1, -0.05) is 15.9 Å². The maximum atomic E-state index is 11.4. The number of halogens is 1. The lowest BCUT2D eigenvalue weighted by atomic mass is 10.4. The second-order valence-corrected chi connectivity index (χ2v) is 5.02. The van der Waals surface area contributed by atoms with Crippen LogP contribution in [-0.4, -0.2) is 59.7 Å². The number of nitrogens with zero attached hydrogens (tertiary/aromatic N) is 1. The minimum Gasteiger partial charge on any atom is -0.354 e. The predicted molar refractivity (Wildman–Crippen MR) is 80.0 cm³/mol. The lowest BCUT2D eigenvalue weighted by Gasteiger charge is -2.12. The molecule has 0 aromatic rings. The minimum absolute atomic E-state index is 0.0192. The smallest absolute Gasteiger partial charge is 0.334 e. The third-order valence-electron chi connectivity index (χ3n) is 2.67. The normalized spacial score (nSPS) is 13.7. The van der Waals surface area contributed by atoms with Gasteiger partial charge in [-0.2, -0.15) is 0 Å². The lowest BCUT2D eigenvalue weighted by molar-refractivity contribution is -0.197. The predicted octanol–water partition coefficient (Wildman–Crippen LogP) is -1.21. The van der Waals surface area contributed by atoms with Crippen LogP contribution in [-0.2, 0) is 24.0 Å². The molecule has 11 heteroatoms. The van der Waals surface area contributed by atoms with Crippen LogP contribution in [0.1, 0.15) is 19.3 Å². The first-order valence-corrected chi connectivity index (χ1v) is 7.97. The molecule has 1 aliphatic rings. The summed E-state index contributed by atoms with van der Waals surface area (Å²) in [6.45, 7) is 0.486. The van der Waals surface area contributed by atoms with Crippen molar-refractivity contribution in [3.63, 3.8) is 0 Å². The molecule has 0 radical (unpaired) electrons. The molecule has 0 aliphatic carbocycles. The topological polar surface area (TPSA) is 134 Å². The first kappa shape index (κ1) is 18.9. The standard InChI is InChI=1S/C12H17BrN4O6/c13-7-8(18)14-5-6-16-12(22)15-4-3-11(21)23-17-9(19)1-2-10(17)20/h1-7H2,(H,14,18)(H2,15,16,22). The van der Waals surface area contributed by atoms with Crippen molar-refractivity contribution in [3.8, 4) is 0 Å². The largest absolute Gasteiger partial charge is 0.354 e. The van der Waals surface area contributed by atoms with Gasteiger partial charge >= 0.3 is 12.0 Å². The summed E-state index contributed by atoms with van der Waals surface area (Å²) in [5, 5.41) is 8.05. The summed E-state index contributed by atoms with van der Waals surface area (Å²) in [6.07, 6.45) is -0.137. The van der Waals surface area contributed by atoms with Gasteiger partial charge in [-0.3, -0.25) is 14.4 Å². The molecule has 0 aromatic heterocycles. The lowest BCUT2D eigenvalue weighted by Crippen LogP contribution is -2.41. The summed E-state index contributed by atoms with van der Waals surface area (Å²) < 4.78 is 0. The Hall–Kier alpha value is -2.17. The molecule has 1 rings (SSSR count). The van der Waals surface area contributed by atoms with Gasteiger partial charge in [0.2, 0.25) is 5.91 Å². The average molecular weight is 393 g/mol. The molecular formula is C12H17BrN4O6. The molecule has 1 fully saturated rings. The first-order chi connectivity index (χ1) is 10.9. The molecular weight excluding hydrogens is 376 g/mol. The van der Waals surface area contributed by atoms with Crippen LogP contribution in [0.25, 0.3) is 0 Å². The van der Waals surface area contributed by atoms with Gasteiger partial charge in [0.05, 0.1) is 11.8 Å². The molecule has 1 heterocycles. The van der Waals surface area contributed by atoms with Crippen LogP contribution in [0.2, 0.25) is 0 Å². The molecule has 1 aliphatic heterocycles. The van der Waals surface area contributed by atoms with Crippen LogP contribution >= 0.6 is 15.9 Å². The fraction of sp³-hybridized carbons (Fsp3) is 0.583. The third kappa shape index (κ3) is 7.08. The van der Waals surface area contributed by atoms with Crippen LogP contribution in [0.3, 0.4) is 0 Å². The Labute approximate surface area is 140 Å². The number of carbonyl (C=O) groups is 5. The van der Waals surface area contributed by atoms with Crippen molar-refractivity contribution < 1.29 is 28.8 Å². The summed E-state index contributed by atoms with van der Waals surface area (Å²) in [5.74, 6) is -2.10. The monoisotopic (exact) mass is 392 g/mol. The maximum absolute atomic E-state index is 11.4. The Morgan fingerprint density at radius 2 is 1.57 bits per heavy atom. The summed E-state index contributed by atoms with van der Waals surface area (Å²) in [5.41, 5.74) is 0. The molecule has 23 heavy (non-hydrogen) atoms. The van der Waals surface area contributed by atoms with Crippen LogP contribution in [0.5, 0.6) is 0 Å². The van der Waals surface area contributed by atoms with Crippen molar-refractivity contribution in [1.29, 1.82) is 0 Å². The van der Waals surface area contributed by atoms with E-state index >= 15 is 0 Å². The van der Waals surface area contributed by atoms with E-state index in [-0.39, 0.29) is 50.1 Å². The van der Waals surface area contributed by atoms with E-state index < -0.39 is 23.8 Å². The number of hydroxylamine groups is 2. The number of alkyl halides is 1. The average Bonchev–Trinajstić information content (AvgIpc) is 2.83. The van der Waals surface area contributed by atoms with Gasteiger partial charge in [0, 0.05) is 32.5 Å². The van der Waals surface area contributed by atoms with Crippen molar-refractivity contribution in [3.05, 3.63) is 0 Å². The highest BCUT2D eigenvalue weighted by Crippen LogP contribution is 2.12. The minimum atomic E-state index is -0.793. The number of carbonyl (C=O) groups excluding carboxylic acids is 5. The summed E-state index contributed by atoms with van der Waals surface area (Å²) >= 11 is 2.98. The molecule has 0 aromatic carbocycles. The van der Waals surface area contributed by atoms with Gasteiger partial charge < -0.3 is 20.8 Å². The van der Waals surface area contributed by atoms with Crippen LogP contribution in [0, 0.1) is 0 Å². The van der Waals surface area contributed by atoms with Crippen molar-refractivity contribution >= 4 is 45.7 Å². The van der Waals surface area contributed by atoms with Crippen LogP contribution in [0.4, 0.5) is 4.79 Å². The summed E-state index contributed by atoms with van der Waals surface area (Å²) in [4.78, 5) is 60.8. The second kappa shape index (κ2) is 9.77. The molecule has 1 saturated heterocycles. The number of hydrogen-bond donors (Lipinski definition) is 3. The van der Waals surface area contributed by atoms with E-state index in [2.05, 4.69) is 36.7 Å². The molecule has 10 nitrogen and oxygen atoms in total. The second-order valence-electron chi connectivity index (χ2n) is 4.46. The molecule has 0 atom stereocenters. The van der Waals surface area contributed by atoms with Gasteiger partial charge in [0.25, 0.3) is 11.8 Å². The Morgan fingerprint density at radius 1 is 1.00 bits per heavy atom. The first-order valence-electron chi connectivity index (χ1n) is 6.85. The van der Waals surface area contributed by atoms with E-state index in [4.69, 9.17) is 0 Å². The van der Waals surface area contributed by atoms with Crippen molar-refractivity contribution in [1.82, 2.24) is 21.0 Å². The molecule has 0 bridgehead atoms. The van der Waals surface area contributed by atoms with Crippen LogP contribution < -0.4 is 16.0 Å². The quantitative estimate of drug-likeness (QED) is 0.269. The highest BCUT2D eigenvalue weighted by Gasteiger charge is 2.32. The number of nitrogens with one attached hydrogen (secondary N) is 3. The van der Waals surface area contributed by atoms with Gasteiger partial charge in [0.15, 0.2) is 0 Å². The van der Waals surface area contributed by atoms with Crippen molar-refractivity contribution in [2.45, 2.75) is 19.3 Å².